The number of nitrogens with one attached hydrogen (secondary N) is 1. The number of hydrogen-bond donors (Lipinski definition) is 1. The maximum absolute atomic E-state index is 14.1. The molecule has 4 aromatic heterocycles. The zero-order chi connectivity index (χ0) is 20.2. The van der Waals surface area contributed by atoms with E-state index < -0.39 is 11.7 Å². The number of imidazole rings is 1. The summed E-state index contributed by atoms with van der Waals surface area (Å²) in [6, 6.07) is 7.22. The van der Waals surface area contributed by atoms with Gasteiger partial charge in [0, 0.05) is 24.9 Å². The molecule has 0 unspecified atom stereocenters. The number of halogens is 1. The summed E-state index contributed by atoms with van der Waals surface area (Å²) >= 11 is 0. The van der Waals surface area contributed by atoms with E-state index in [-0.39, 0.29) is 17.6 Å². The molecule has 8 nitrogen and oxygen atoms in total. The topological polar surface area (TPSA) is 92.3 Å². The van der Waals surface area contributed by atoms with E-state index in [0.717, 1.165) is 16.9 Å². The number of amides is 1. The lowest BCUT2D eigenvalue weighted by Crippen LogP contribution is -2.40. The van der Waals surface area contributed by atoms with Crippen LogP contribution in [0, 0.1) is 0 Å². The standard InChI is InChI=1S/C20H19FN6O2/c1-20(2,21)19-22-10-15(29-19)18(28)26-8-6-13-16(24-11-23-13)17(26)14-9-12-5-3-4-7-27(12)25-14/h3-5,7,9-11,17H,6,8H2,1-2H3,(H,23,24)/t17-/m1/s1. The molecule has 0 aliphatic carbocycles. The van der Waals surface area contributed by atoms with Crippen LogP contribution in [0.3, 0.4) is 0 Å². The van der Waals surface area contributed by atoms with Gasteiger partial charge in [0.1, 0.15) is 6.04 Å². The van der Waals surface area contributed by atoms with E-state index in [1.807, 2.05) is 30.5 Å². The second kappa shape index (κ2) is 6.26. The summed E-state index contributed by atoms with van der Waals surface area (Å²) in [5, 5.41) is 4.65. The fourth-order valence-corrected chi connectivity index (χ4v) is 3.68. The van der Waals surface area contributed by atoms with Crippen LogP contribution in [0.5, 0.6) is 0 Å². The quantitative estimate of drug-likeness (QED) is 0.577. The van der Waals surface area contributed by atoms with Gasteiger partial charge in [0.2, 0.25) is 11.7 Å². The highest BCUT2D eigenvalue weighted by Gasteiger charge is 2.38. The van der Waals surface area contributed by atoms with Crippen LogP contribution in [0.2, 0.25) is 0 Å². The normalized spacial score (nSPS) is 16.9. The smallest absolute Gasteiger partial charge is 0.292 e. The Hall–Kier alpha value is -3.49. The Morgan fingerprint density at radius 2 is 2.21 bits per heavy atom. The van der Waals surface area contributed by atoms with E-state index in [9.17, 15) is 9.18 Å². The fourth-order valence-electron chi connectivity index (χ4n) is 3.68. The molecule has 1 N–H and O–H groups in total. The molecule has 1 aliphatic heterocycles. The third-order valence-electron chi connectivity index (χ3n) is 5.08. The minimum Gasteiger partial charge on any atom is -0.432 e. The van der Waals surface area contributed by atoms with E-state index in [0.29, 0.717) is 18.7 Å². The number of carbonyl (C=O) groups excluding carboxylic acids is 1. The number of aromatic nitrogens is 5. The predicted octanol–water partition coefficient (Wildman–Crippen LogP) is 3.04. The van der Waals surface area contributed by atoms with Crippen LogP contribution in [-0.4, -0.2) is 41.9 Å². The summed E-state index contributed by atoms with van der Waals surface area (Å²) < 4.78 is 21.4. The number of hydrogen-bond acceptors (Lipinski definition) is 5. The molecule has 0 fully saturated rings. The number of rotatable bonds is 3. The average molecular weight is 394 g/mol. The van der Waals surface area contributed by atoms with E-state index in [2.05, 4.69) is 20.1 Å². The lowest BCUT2D eigenvalue weighted by atomic mass is 9.99. The van der Waals surface area contributed by atoms with Crippen molar-refractivity contribution in [3.05, 3.63) is 71.7 Å². The third kappa shape index (κ3) is 2.89. The molecule has 148 valence electrons. The monoisotopic (exact) mass is 394 g/mol. The summed E-state index contributed by atoms with van der Waals surface area (Å²) in [5.74, 6) is -0.496. The molecular formula is C20H19FN6O2. The number of carbonyl (C=O) groups is 1. The highest BCUT2D eigenvalue weighted by molar-refractivity contribution is 5.92. The Morgan fingerprint density at radius 1 is 1.34 bits per heavy atom. The molecule has 0 radical (unpaired) electrons. The molecule has 1 amide bonds. The van der Waals surface area contributed by atoms with Crippen molar-refractivity contribution in [1.82, 2.24) is 29.5 Å². The molecule has 0 aromatic carbocycles. The number of aromatic amines is 1. The molecule has 1 aliphatic rings. The Balaban J connectivity index is 1.57. The second-order valence-corrected chi connectivity index (χ2v) is 7.56. The minimum absolute atomic E-state index is 0.00141. The molecule has 29 heavy (non-hydrogen) atoms. The van der Waals surface area contributed by atoms with Crippen LogP contribution in [0.15, 0.2) is 47.4 Å². The van der Waals surface area contributed by atoms with Gasteiger partial charge in [0.25, 0.3) is 5.91 Å². The van der Waals surface area contributed by atoms with Crippen molar-refractivity contribution in [2.45, 2.75) is 32.0 Å². The van der Waals surface area contributed by atoms with E-state index in [1.165, 1.54) is 20.0 Å². The zero-order valence-electron chi connectivity index (χ0n) is 16.0. The predicted molar refractivity (Wildman–Crippen MR) is 101 cm³/mol. The van der Waals surface area contributed by atoms with Crippen LogP contribution >= 0.6 is 0 Å². The maximum Gasteiger partial charge on any atom is 0.292 e. The van der Waals surface area contributed by atoms with Gasteiger partial charge in [-0.25, -0.2) is 18.9 Å². The van der Waals surface area contributed by atoms with Gasteiger partial charge in [-0.05, 0) is 32.0 Å². The minimum atomic E-state index is -1.77. The fraction of sp³-hybridized carbons (Fsp3) is 0.300. The van der Waals surface area contributed by atoms with Crippen molar-refractivity contribution in [2.75, 3.05) is 6.54 Å². The van der Waals surface area contributed by atoms with Gasteiger partial charge in [0.15, 0.2) is 5.67 Å². The molecule has 9 heteroatoms. The first-order valence-corrected chi connectivity index (χ1v) is 9.34. The molecule has 5 heterocycles. The van der Waals surface area contributed by atoms with Crippen molar-refractivity contribution in [3.8, 4) is 0 Å². The molecule has 0 bridgehead atoms. The number of fused-ring (bicyclic) bond motifs is 2. The Labute approximate surface area is 165 Å². The zero-order valence-corrected chi connectivity index (χ0v) is 16.0. The molecule has 4 aromatic rings. The Bertz CT molecular complexity index is 1170. The number of H-pyrrole nitrogens is 1. The summed E-state index contributed by atoms with van der Waals surface area (Å²) in [7, 11) is 0. The summed E-state index contributed by atoms with van der Waals surface area (Å²) in [4.78, 5) is 26.5. The van der Waals surface area contributed by atoms with Gasteiger partial charge >= 0.3 is 0 Å². The summed E-state index contributed by atoms with van der Waals surface area (Å²) in [6.07, 6.45) is 5.38. The number of pyridine rings is 1. The molecule has 5 rings (SSSR count). The van der Waals surface area contributed by atoms with E-state index in [1.54, 1.807) is 15.7 Å². The van der Waals surface area contributed by atoms with Gasteiger partial charge in [-0.2, -0.15) is 5.10 Å². The van der Waals surface area contributed by atoms with Crippen molar-refractivity contribution in [2.24, 2.45) is 0 Å². The lowest BCUT2D eigenvalue weighted by Gasteiger charge is -2.33. The van der Waals surface area contributed by atoms with Crippen LogP contribution < -0.4 is 0 Å². The number of nitrogens with zero attached hydrogens (tertiary/aromatic N) is 5. The van der Waals surface area contributed by atoms with Gasteiger partial charge in [-0.3, -0.25) is 4.79 Å². The average Bonchev–Trinajstić information content (AvgIpc) is 3.44. The highest BCUT2D eigenvalue weighted by atomic mass is 19.1. The third-order valence-corrected chi connectivity index (χ3v) is 5.08. The van der Waals surface area contributed by atoms with Gasteiger partial charge in [-0.1, -0.05) is 6.07 Å². The lowest BCUT2D eigenvalue weighted by molar-refractivity contribution is 0.0643. The number of oxazole rings is 1. The SMILES string of the molecule is CC(C)(F)c1ncc(C(=O)N2CCc3[nH]cnc3[C@H]2c2cc3ccccn3n2)o1. The summed E-state index contributed by atoms with van der Waals surface area (Å²) in [5.41, 5.74) is 1.57. The molecule has 0 spiro atoms. The van der Waals surface area contributed by atoms with Crippen LogP contribution in [-0.2, 0) is 12.1 Å². The largest absolute Gasteiger partial charge is 0.432 e. The second-order valence-electron chi connectivity index (χ2n) is 7.56. The van der Waals surface area contributed by atoms with Crippen LogP contribution in [0.25, 0.3) is 5.52 Å². The van der Waals surface area contributed by atoms with Crippen molar-refractivity contribution in [1.29, 1.82) is 0 Å². The van der Waals surface area contributed by atoms with E-state index in [4.69, 9.17) is 4.42 Å². The van der Waals surface area contributed by atoms with Crippen LogP contribution in [0.4, 0.5) is 4.39 Å². The van der Waals surface area contributed by atoms with E-state index >= 15 is 0 Å². The molecule has 1 atom stereocenters. The van der Waals surface area contributed by atoms with Crippen molar-refractivity contribution < 1.29 is 13.6 Å². The van der Waals surface area contributed by atoms with Crippen molar-refractivity contribution in [3.63, 3.8) is 0 Å². The first-order valence-electron chi connectivity index (χ1n) is 9.34. The van der Waals surface area contributed by atoms with Gasteiger partial charge in [0.05, 0.1) is 29.4 Å². The van der Waals surface area contributed by atoms with Gasteiger partial charge in [-0.15, -0.1) is 0 Å². The molecule has 0 saturated carbocycles. The molecule has 0 saturated heterocycles. The van der Waals surface area contributed by atoms with Gasteiger partial charge < -0.3 is 14.3 Å². The maximum atomic E-state index is 14.1. The first-order chi connectivity index (χ1) is 13.9. The Kier molecular flexibility index (Phi) is 3.80. The first kappa shape index (κ1) is 17.6. The number of alkyl halides is 1. The van der Waals surface area contributed by atoms with Crippen LogP contribution in [0.1, 0.15) is 53.4 Å². The Morgan fingerprint density at radius 3 is 2.97 bits per heavy atom. The summed E-state index contributed by atoms with van der Waals surface area (Å²) in [6.45, 7) is 3.12. The highest BCUT2D eigenvalue weighted by Crippen LogP contribution is 2.34. The van der Waals surface area contributed by atoms with Crippen molar-refractivity contribution >= 4 is 11.4 Å². The molecular weight excluding hydrogens is 375 g/mol.